The third kappa shape index (κ3) is 3.25. The van der Waals surface area contributed by atoms with E-state index >= 15 is 0 Å². The number of aryl methyl sites for hydroxylation is 1. The van der Waals surface area contributed by atoms with Crippen molar-refractivity contribution in [2.45, 2.75) is 53.9 Å². The average molecular weight is 296 g/mol. The molecule has 0 aliphatic carbocycles. The van der Waals surface area contributed by atoms with Crippen molar-refractivity contribution in [3.63, 3.8) is 0 Å². The van der Waals surface area contributed by atoms with Gasteiger partial charge in [0.1, 0.15) is 16.8 Å². The van der Waals surface area contributed by atoms with E-state index in [4.69, 9.17) is 16.6 Å². The summed E-state index contributed by atoms with van der Waals surface area (Å²) in [4.78, 5) is 11.4. The van der Waals surface area contributed by atoms with Crippen molar-refractivity contribution in [1.29, 1.82) is 0 Å². The Morgan fingerprint density at radius 1 is 1.20 bits per heavy atom. The van der Waals surface area contributed by atoms with Gasteiger partial charge in [-0.3, -0.25) is 0 Å². The second-order valence-electron chi connectivity index (χ2n) is 6.86. The van der Waals surface area contributed by atoms with Gasteiger partial charge in [-0.2, -0.15) is 0 Å². The molecule has 0 unspecified atom stereocenters. The number of rotatable bonds is 2. The van der Waals surface area contributed by atoms with E-state index in [1.807, 2.05) is 6.92 Å². The molecule has 1 aliphatic heterocycles. The van der Waals surface area contributed by atoms with Crippen LogP contribution in [0, 0.1) is 18.3 Å². The van der Waals surface area contributed by atoms with Gasteiger partial charge in [0.05, 0.1) is 0 Å². The molecule has 4 heteroatoms. The number of halogens is 1. The Morgan fingerprint density at radius 3 is 2.30 bits per heavy atom. The Balaban J connectivity index is 2.16. The molecule has 1 fully saturated rings. The molecule has 1 aromatic heterocycles. The summed E-state index contributed by atoms with van der Waals surface area (Å²) in [6.45, 7) is 13.3. The summed E-state index contributed by atoms with van der Waals surface area (Å²) in [5.74, 6) is 2.67. The van der Waals surface area contributed by atoms with Gasteiger partial charge in [0.2, 0.25) is 0 Å². The van der Waals surface area contributed by atoms with E-state index in [1.165, 1.54) is 12.8 Å². The fraction of sp³-hybridized carbons (Fsp3) is 0.750. The van der Waals surface area contributed by atoms with Crippen molar-refractivity contribution in [1.82, 2.24) is 9.97 Å². The van der Waals surface area contributed by atoms with E-state index in [0.717, 1.165) is 42.6 Å². The molecule has 1 aromatic rings. The third-order valence-electron chi connectivity index (χ3n) is 4.44. The lowest BCUT2D eigenvalue weighted by Gasteiger charge is -2.39. The first kappa shape index (κ1) is 15.6. The Kier molecular flexibility index (Phi) is 4.58. The summed E-state index contributed by atoms with van der Waals surface area (Å²) < 4.78 is 0. The summed E-state index contributed by atoms with van der Waals surface area (Å²) in [7, 11) is 0. The Hall–Kier alpha value is -0.830. The lowest BCUT2D eigenvalue weighted by molar-refractivity contribution is 0.198. The minimum absolute atomic E-state index is 0.402. The number of hydrogen-bond donors (Lipinski definition) is 0. The highest BCUT2D eigenvalue weighted by Crippen LogP contribution is 2.36. The van der Waals surface area contributed by atoms with Crippen LogP contribution in [0.15, 0.2) is 0 Å². The minimum Gasteiger partial charge on any atom is -0.356 e. The molecule has 2 rings (SSSR count). The average Bonchev–Trinajstić information content (AvgIpc) is 2.41. The fourth-order valence-corrected chi connectivity index (χ4v) is 3.13. The number of nitrogens with zero attached hydrogens (tertiary/aromatic N) is 3. The lowest BCUT2D eigenvalue weighted by atomic mass is 9.75. The third-order valence-corrected chi connectivity index (χ3v) is 4.81. The van der Waals surface area contributed by atoms with Crippen LogP contribution in [0.2, 0.25) is 5.15 Å². The molecule has 20 heavy (non-hydrogen) atoms. The van der Waals surface area contributed by atoms with Crippen molar-refractivity contribution in [2.24, 2.45) is 11.3 Å². The highest BCUT2D eigenvalue weighted by Gasteiger charge is 2.30. The first-order chi connectivity index (χ1) is 9.32. The molecule has 3 nitrogen and oxygen atoms in total. The van der Waals surface area contributed by atoms with E-state index in [0.29, 0.717) is 10.6 Å². The second-order valence-corrected chi connectivity index (χ2v) is 7.22. The molecule has 0 saturated carbocycles. The van der Waals surface area contributed by atoms with Gasteiger partial charge >= 0.3 is 0 Å². The number of hydrogen-bond acceptors (Lipinski definition) is 3. The molecule has 0 aromatic carbocycles. The molecular formula is C16H26ClN3. The maximum Gasteiger partial charge on any atom is 0.137 e. The maximum atomic E-state index is 6.24. The summed E-state index contributed by atoms with van der Waals surface area (Å²) in [5, 5.41) is 0.602. The van der Waals surface area contributed by atoms with Crippen LogP contribution >= 0.6 is 11.6 Å². The molecule has 1 aliphatic rings. The maximum absolute atomic E-state index is 6.24. The van der Waals surface area contributed by atoms with Crippen molar-refractivity contribution >= 4 is 17.4 Å². The minimum atomic E-state index is 0.402. The van der Waals surface area contributed by atoms with Crippen LogP contribution in [0.1, 0.15) is 51.9 Å². The van der Waals surface area contributed by atoms with Crippen LogP contribution in [0.25, 0.3) is 0 Å². The first-order valence-electron chi connectivity index (χ1n) is 7.61. The van der Waals surface area contributed by atoms with Crippen molar-refractivity contribution in [3.8, 4) is 0 Å². The van der Waals surface area contributed by atoms with Crippen LogP contribution in [0.3, 0.4) is 0 Å². The predicted octanol–water partition coefficient (Wildman–Crippen LogP) is 4.26. The quantitative estimate of drug-likeness (QED) is 0.763. The van der Waals surface area contributed by atoms with Crippen LogP contribution < -0.4 is 4.90 Å². The molecular weight excluding hydrogens is 270 g/mol. The van der Waals surface area contributed by atoms with Gasteiger partial charge in [-0.1, -0.05) is 39.3 Å². The monoisotopic (exact) mass is 295 g/mol. The van der Waals surface area contributed by atoms with Gasteiger partial charge in [0, 0.05) is 25.1 Å². The van der Waals surface area contributed by atoms with Gasteiger partial charge in [0.15, 0.2) is 0 Å². The largest absolute Gasteiger partial charge is 0.356 e. The van der Waals surface area contributed by atoms with Crippen molar-refractivity contribution in [2.75, 3.05) is 18.0 Å². The smallest absolute Gasteiger partial charge is 0.137 e. The first-order valence-corrected chi connectivity index (χ1v) is 7.98. The molecule has 112 valence electrons. The standard InChI is InChI=1S/C16H26ClN3/c1-6-13-18-14(17)11(2)15(19-13)20-9-7-12(8-10-20)16(3,4)5/h12H,6-10H2,1-5H3. The number of aromatic nitrogens is 2. The molecule has 0 bridgehead atoms. The van der Waals surface area contributed by atoms with Crippen molar-refractivity contribution in [3.05, 3.63) is 16.5 Å². The summed E-state index contributed by atoms with van der Waals surface area (Å²) in [6.07, 6.45) is 3.28. The molecule has 2 heterocycles. The molecule has 0 spiro atoms. The highest BCUT2D eigenvalue weighted by atomic mass is 35.5. The number of piperidine rings is 1. The Morgan fingerprint density at radius 2 is 1.80 bits per heavy atom. The zero-order valence-electron chi connectivity index (χ0n) is 13.3. The second kappa shape index (κ2) is 5.88. The normalized spacial score (nSPS) is 17.6. The SMILES string of the molecule is CCc1nc(Cl)c(C)c(N2CCC(C(C)(C)C)CC2)n1. The van der Waals surface area contributed by atoms with Gasteiger partial charge in [0.25, 0.3) is 0 Å². The van der Waals surface area contributed by atoms with Gasteiger partial charge in [-0.05, 0) is 31.1 Å². The molecule has 0 radical (unpaired) electrons. The van der Waals surface area contributed by atoms with Gasteiger partial charge in [-0.25, -0.2) is 9.97 Å². The van der Waals surface area contributed by atoms with Crippen LogP contribution in [-0.4, -0.2) is 23.1 Å². The van der Waals surface area contributed by atoms with E-state index in [2.05, 4.69) is 37.6 Å². The highest BCUT2D eigenvalue weighted by molar-refractivity contribution is 6.30. The van der Waals surface area contributed by atoms with Crippen LogP contribution in [-0.2, 0) is 6.42 Å². The molecule has 0 atom stereocenters. The topological polar surface area (TPSA) is 29.0 Å². The van der Waals surface area contributed by atoms with E-state index < -0.39 is 0 Å². The summed E-state index contributed by atoms with van der Waals surface area (Å²) >= 11 is 6.24. The molecule has 0 amide bonds. The van der Waals surface area contributed by atoms with Gasteiger partial charge < -0.3 is 4.90 Å². The van der Waals surface area contributed by atoms with Crippen LogP contribution in [0.4, 0.5) is 5.82 Å². The Labute approximate surface area is 127 Å². The van der Waals surface area contributed by atoms with Gasteiger partial charge in [-0.15, -0.1) is 0 Å². The predicted molar refractivity (Wildman–Crippen MR) is 85.5 cm³/mol. The zero-order valence-corrected chi connectivity index (χ0v) is 14.1. The zero-order chi connectivity index (χ0) is 14.9. The Bertz CT molecular complexity index is 471. The summed E-state index contributed by atoms with van der Waals surface area (Å²) in [5.41, 5.74) is 1.41. The number of anilines is 1. The molecule has 1 saturated heterocycles. The van der Waals surface area contributed by atoms with E-state index in [1.54, 1.807) is 0 Å². The fourth-order valence-electron chi connectivity index (χ4n) is 2.94. The lowest BCUT2D eigenvalue weighted by Crippen LogP contribution is -2.39. The van der Waals surface area contributed by atoms with Crippen LogP contribution in [0.5, 0.6) is 0 Å². The summed E-state index contributed by atoms with van der Waals surface area (Å²) in [6, 6.07) is 0. The molecule has 0 N–H and O–H groups in total. The van der Waals surface area contributed by atoms with Crippen molar-refractivity contribution < 1.29 is 0 Å². The van der Waals surface area contributed by atoms with E-state index in [9.17, 15) is 0 Å². The van der Waals surface area contributed by atoms with E-state index in [-0.39, 0.29) is 0 Å².